The highest BCUT2D eigenvalue weighted by Crippen LogP contribution is 2.48. The molecule has 0 radical (unpaired) electrons. The number of hydrogen-bond acceptors (Lipinski definition) is 5. The summed E-state index contributed by atoms with van der Waals surface area (Å²) in [6.45, 7) is 10.1. The summed E-state index contributed by atoms with van der Waals surface area (Å²) in [5.74, 6) is -0.445. The Morgan fingerprint density at radius 3 is 2.50 bits per heavy atom. The van der Waals surface area contributed by atoms with Gasteiger partial charge in [-0.15, -0.1) is 0 Å². The Kier molecular flexibility index (Phi) is 6.12. The Labute approximate surface area is 166 Å². The van der Waals surface area contributed by atoms with Crippen molar-refractivity contribution in [1.82, 2.24) is 4.98 Å². The molecule has 5 heteroatoms. The zero-order valence-corrected chi connectivity index (χ0v) is 17.2. The molecule has 3 rings (SSSR count). The molecule has 0 aliphatic carbocycles. The van der Waals surface area contributed by atoms with Gasteiger partial charge in [0.15, 0.2) is 0 Å². The maximum atomic E-state index is 13.0. The Morgan fingerprint density at radius 1 is 1.18 bits per heavy atom. The van der Waals surface area contributed by atoms with Crippen molar-refractivity contribution in [2.75, 3.05) is 6.61 Å². The number of nitrogens with zero attached hydrogens (tertiary/aromatic N) is 2. The lowest BCUT2D eigenvalue weighted by molar-refractivity contribution is -0.146. The summed E-state index contributed by atoms with van der Waals surface area (Å²) in [4.78, 5) is 22.5. The van der Waals surface area contributed by atoms with Crippen molar-refractivity contribution in [2.24, 2.45) is 10.9 Å². The number of pyridine rings is 1. The van der Waals surface area contributed by atoms with Gasteiger partial charge >= 0.3 is 5.97 Å². The number of fused-ring (bicyclic) bond motifs is 1. The third-order valence-electron chi connectivity index (χ3n) is 4.90. The van der Waals surface area contributed by atoms with E-state index in [0.29, 0.717) is 18.9 Å². The number of aliphatic imine (C=N–C) groups is 1. The summed E-state index contributed by atoms with van der Waals surface area (Å²) < 4.78 is 11.5. The third-order valence-corrected chi connectivity index (χ3v) is 4.90. The van der Waals surface area contributed by atoms with E-state index in [0.717, 1.165) is 28.1 Å². The third kappa shape index (κ3) is 3.79. The fraction of sp³-hybridized carbons (Fsp3) is 0.435. The fourth-order valence-electron chi connectivity index (χ4n) is 3.74. The molecule has 1 aromatic heterocycles. The lowest BCUT2D eigenvalue weighted by atomic mass is 9.75. The van der Waals surface area contributed by atoms with Gasteiger partial charge in [0, 0.05) is 23.4 Å². The van der Waals surface area contributed by atoms with Gasteiger partial charge < -0.3 is 9.47 Å². The maximum Gasteiger partial charge on any atom is 0.315 e. The smallest absolute Gasteiger partial charge is 0.315 e. The molecule has 0 spiro atoms. The van der Waals surface area contributed by atoms with Crippen molar-refractivity contribution < 1.29 is 14.3 Å². The standard InChI is InChI=1S/C23H28N2O3/c1-6-17-19(23(26)27-7-2)18(16-11-9-8-10-12-16)20-21(25-17)15(5)13-24-22(20)28-14(3)4/h8-14,18-19H,6-7H2,1-5H3. The van der Waals surface area contributed by atoms with Crippen molar-refractivity contribution in [1.29, 1.82) is 0 Å². The summed E-state index contributed by atoms with van der Waals surface area (Å²) in [7, 11) is 0. The van der Waals surface area contributed by atoms with Crippen LogP contribution in [0.4, 0.5) is 5.69 Å². The minimum absolute atomic E-state index is 0.0340. The van der Waals surface area contributed by atoms with Crippen LogP contribution in [0.3, 0.4) is 0 Å². The van der Waals surface area contributed by atoms with E-state index < -0.39 is 5.92 Å². The molecule has 2 heterocycles. The quantitative estimate of drug-likeness (QED) is 0.663. The van der Waals surface area contributed by atoms with Crippen LogP contribution in [0.5, 0.6) is 5.88 Å². The summed E-state index contributed by atoms with van der Waals surface area (Å²) in [5.41, 5.74) is 4.57. The molecule has 0 fully saturated rings. The summed E-state index contributed by atoms with van der Waals surface area (Å²) >= 11 is 0. The molecular formula is C23H28N2O3. The number of hydrogen-bond donors (Lipinski definition) is 0. The van der Waals surface area contributed by atoms with Gasteiger partial charge in [0.05, 0.1) is 18.4 Å². The number of esters is 1. The van der Waals surface area contributed by atoms with Crippen LogP contribution in [0, 0.1) is 12.8 Å². The molecule has 1 aromatic carbocycles. The Hall–Kier alpha value is -2.69. The molecule has 0 amide bonds. The predicted molar refractivity (Wildman–Crippen MR) is 111 cm³/mol. The van der Waals surface area contributed by atoms with E-state index >= 15 is 0 Å². The Morgan fingerprint density at radius 2 is 1.89 bits per heavy atom. The van der Waals surface area contributed by atoms with Crippen LogP contribution in [0.1, 0.15) is 56.7 Å². The number of carbonyl (C=O) groups excluding carboxylic acids is 1. The molecule has 1 aliphatic heterocycles. The first kappa shape index (κ1) is 20.1. The Bertz CT molecular complexity index is 875. The van der Waals surface area contributed by atoms with E-state index in [9.17, 15) is 4.79 Å². The summed E-state index contributed by atoms with van der Waals surface area (Å²) in [6.07, 6.45) is 2.43. The summed E-state index contributed by atoms with van der Waals surface area (Å²) in [6, 6.07) is 10.0. The highest BCUT2D eigenvalue weighted by atomic mass is 16.5. The lowest BCUT2D eigenvalue weighted by Crippen LogP contribution is -2.35. The molecule has 0 N–H and O–H groups in total. The van der Waals surface area contributed by atoms with E-state index in [4.69, 9.17) is 14.5 Å². The molecule has 1 aliphatic rings. The van der Waals surface area contributed by atoms with E-state index in [2.05, 4.69) is 4.98 Å². The van der Waals surface area contributed by atoms with Crippen molar-refractivity contribution in [2.45, 2.75) is 53.1 Å². The number of benzene rings is 1. The van der Waals surface area contributed by atoms with E-state index in [1.165, 1.54) is 0 Å². The topological polar surface area (TPSA) is 60.8 Å². The highest BCUT2D eigenvalue weighted by molar-refractivity contribution is 6.06. The average Bonchev–Trinajstić information content (AvgIpc) is 2.69. The zero-order valence-electron chi connectivity index (χ0n) is 17.2. The van der Waals surface area contributed by atoms with E-state index in [1.807, 2.05) is 65.0 Å². The minimum atomic E-state index is -0.488. The van der Waals surface area contributed by atoms with Crippen LogP contribution in [0.25, 0.3) is 0 Å². The minimum Gasteiger partial charge on any atom is -0.475 e. The number of ether oxygens (including phenoxy) is 2. The average molecular weight is 380 g/mol. The lowest BCUT2D eigenvalue weighted by Gasteiger charge is -2.33. The van der Waals surface area contributed by atoms with E-state index in [-0.39, 0.29) is 18.0 Å². The number of rotatable bonds is 6. The Balaban J connectivity index is 2.29. The zero-order chi connectivity index (χ0) is 20.3. The van der Waals surface area contributed by atoms with Crippen molar-refractivity contribution >= 4 is 17.4 Å². The van der Waals surface area contributed by atoms with E-state index in [1.54, 1.807) is 6.20 Å². The van der Waals surface area contributed by atoms with Gasteiger partial charge in [-0.2, -0.15) is 0 Å². The first-order valence-electron chi connectivity index (χ1n) is 9.93. The number of aryl methyl sites for hydroxylation is 1. The molecule has 2 atom stereocenters. The second-order valence-electron chi connectivity index (χ2n) is 7.25. The highest BCUT2D eigenvalue weighted by Gasteiger charge is 2.42. The van der Waals surface area contributed by atoms with Crippen molar-refractivity contribution in [3.63, 3.8) is 0 Å². The van der Waals surface area contributed by atoms with Crippen LogP contribution >= 0.6 is 0 Å². The summed E-state index contributed by atoms with van der Waals surface area (Å²) in [5, 5.41) is 0. The van der Waals surface area contributed by atoms with Gasteiger partial charge in [-0.25, -0.2) is 4.98 Å². The van der Waals surface area contributed by atoms with Gasteiger partial charge in [0.1, 0.15) is 5.92 Å². The van der Waals surface area contributed by atoms with Crippen LogP contribution in [0.15, 0.2) is 41.5 Å². The SMILES string of the molecule is CCOC(=O)C1C(CC)=Nc2c(C)cnc(OC(C)C)c2C1c1ccccc1. The normalized spacial score (nSPS) is 18.4. The fourth-order valence-corrected chi connectivity index (χ4v) is 3.74. The molecule has 0 saturated carbocycles. The van der Waals surface area contributed by atoms with Gasteiger partial charge in [0.25, 0.3) is 0 Å². The largest absolute Gasteiger partial charge is 0.475 e. The predicted octanol–water partition coefficient (Wildman–Crippen LogP) is 4.98. The van der Waals surface area contributed by atoms with Crippen LogP contribution < -0.4 is 4.74 Å². The number of carbonyl (C=O) groups is 1. The first-order valence-corrected chi connectivity index (χ1v) is 9.93. The molecule has 2 aromatic rings. The van der Waals surface area contributed by atoms with Crippen LogP contribution in [-0.2, 0) is 9.53 Å². The molecule has 5 nitrogen and oxygen atoms in total. The molecule has 0 bridgehead atoms. The van der Waals surface area contributed by atoms with Crippen LogP contribution in [0.2, 0.25) is 0 Å². The molecular weight excluding hydrogens is 352 g/mol. The molecule has 148 valence electrons. The second-order valence-corrected chi connectivity index (χ2v) is 7.25. The van der Waals surface area contributed by atoms with Crippen LogP contribution in [-0.4, -0.2) is 29.4 Å². The molecule has 28 heavy (non-hydrogen) atoms. The van der Waals surface area contributed by atoms with Gasteiger partial charge in [0.2, 0.25) is 5.88 Å². The van der Waals surface area contributed by atoms with Crippen molar-refractivity contribution in [3.8, 4) is 5.88 Å². The van der Waals surface area contributed by atoms with Gasteiger partial charge in [-0.1, -0.05) is 37.3 Å². The van der Waals surface area contributed by atoms with Crippen molar-refractivity contribution in [3.05, 3.63) is 53.2 Å². The van der Waals surface area contributed by atoms with Gasteiger partial charge in [-0.05, 0) is 45.2 Å². The maximum absolute atomic E-state index is 13.0. The van der Waals surface area contributed by atoms with Gasteiger partial charge in [-0.3, -0.25) is 9.79 Å². The molecule has 2 unspecified atom stereocenters. The molecule has 0 saturated heterocycles. The second kappa shape index (κ2) is 8.55. The first-order chi connectivity index (χ1) is 13.5. The number of aromatic nitrogens is 1. The monoisotopic (exact) mass is 380 g/mol.